The summed E-state index contributed by atoms with van der Waals surface area (Å²) < 4.78 is 10.8. The summed E-state index contributed by atoms with van der Waals surface area (Å²) in [5.41, 5.74) is 7.44. The molecular formula is C15H20N4O2. The standard InChI is InChI=1S/C15H20N4O2/c1-10(2)21-15-9-17-8-14(19-15)18-7-11-6-12(16)4-5-13(11)20-3/h4-6,8-10H,7,16H2,1-3H3,(H,18,19). The molecule has 2 aromatic rings. The van der Waals surface area contributed by atoms with Crippen LogP contribution < -0.4 is 20.5 Å². The van der Waals surface area contributed by atoms with Crippen LogP contribution in [0.3, 0.4) is 0 Å². The summed E-state index contributed by atoms with van der Waals surface area (Å²) in [6, 6.07) is 5.52. The molecule has 0 bridgehead atoms. The van der Waals surface area contributed by atoms with Gasteiger partial charge in [0.05, 0.1) is 25.6 Å². The van der Waals surface area contributed by atoms with Gasteiger partial charge in [-0.05, 0) is 32.0 Å². The third-order valence-corrected chi connectivity index (χ3v) is 2.73. The molecule has 0 aliphatic heterocycles. The number of rotatable bonds is 6. The second-order valence-corrected chi connectivity index (χ2v) is 4.83. The molecule has 1 aromatic carbocycles. The van der Waals surface area contributed by atoms with E-state index in [2.05, 4.69) is 15.3 Å². The molecule has 0 amide bonds. The Hall–Kier alpha value is -2.50. The maximum atomic E-state index is 5.80. The van der Waals surface area contributed by atoms with Gasteiger partial charge in [-0.3, -0.25) is 4.98 Å². The molecule has 0 aliphatic carbocycles. The minimum atomic E-state index is 0.0589. The minimum Gasteiger partial charge on any atom is -0.496 e. The fourth-order valence-corrected chi connectivity index (χ4v) is 1.85. The number of aromatic nitrogens is 2. The maximum Gasteiger partial charge on any atom is 0.234 e. The molecule has 0 atom stereocenters. The highest BCUT2D eigenvalue weighted by Crippen LogP contribution is 2.22. The molecule has 0 fully saturated rings. The number of nitrogen functional groups attached to an aromatic ring is 1. The van der Waals surface area contributed by atoms with Gasteiger partial charge in [0.25, 0.3) is 0 Å². The van der Waals surface area contributed by atoms with Crippen molar-refractivity contribution in [2.75, 3.05) is 18.2 Å². The molecule has 0 saturated carbocycles. The zero-order chi connectivity index (χ0) is 15.2. The van der Waals surface area contributed by atoms with Crippen LogP contribution in [0.25, 0.3) is 0 Å². The Kier molecular flexibility index (Phi) is 4.81. The average Bonchev–Trinajstić information content (AvgIpc) is 2.45. The largest absolute Gasteiger partial charge is 0.496 e. The molecule has 0 unspecified atom stereocenters. The smallest absolute Gasteiger partial charge is 0.234 e. The van der Waals surface area contributed by atoms with Crippen molar-refractivity contribution in [2.45, 2.75) is 26.5 Å². The number of nitrogens with one attached hydrogen (secondary N) is 1. The SMILES string of the molecule is COc1ccc(N)cc1CNc1cncc(OC(C)C)n1. The lowest BCUT2D eigenvalue weighted by Crippen LogP contribution is -2.09. The lowest BCUT2D eigenvalue weighted by molar-refractivity contribution is 0.232. The zero-order valence-electron chi connectivity index (χ0n) is 12.5. The van der Waals surface area contributed by atoms with Crippen molar-refractivity contribution in [3.63, 3.8) is 0 Å². The van der Waals surface area contributed by atoms with Crippen LogP contribution in [-0.2, 0) is 6.54 Å². The normalized spacial score (nSPS) is 10.5. The molecule has 0 aliphatic rings. The summed E-state index contributed by atoms with van der Waals surface area (Å²) in [6.45, 7) is 4.42. The number of hydrogen-bond acceptors (Lipinski definition) is 6. The number of ether oxygens (including phenoxy) is 2. The predicted molar refractivity (Wildman–Crippen MR) is 82.5 cm³/mol. The summed E-state index contributed by atoms with van der Waals surface area (Å²) in [6.07, 6.45) is 3.29. The summed E-state index contributed by atoms with van der Waals surface area (Å²) in [7, 11) is 1.63. The van der Waals surface area contributed by atoms with E-state index in [1.54, 1.807) is 25.6 Å². The van der Waals surface area contributed by atoms with Crippen LogP contribution in [0.1, 0.15) is 19.4 Å². The molecule has 3 N–H and O–H groups in total. The molecule has 0 saturated heterocycles. The highest BCUT2D eigenvalue weighted by molar-refractivity contribution is 5.49. The Morgan fingerprint density at radius 1 is 1.29 bits per heavy atom. The first kappa shape index (κ1) is 14.9. The highest BCUT2D eigenvalue weighted by atomic mass is 16.5. The van der Waals surface area contributed by atoms with Crippen molar-refractivity contribution < 1.29 is 9.47 Å². The van der Waals surface area contributed by atoms with Crippen LogP contribution in [0.15, 0.2) is 30.6 Å². The van der Waals surface area contributed by atoms with Gasteiger partial charge in [0.1, 0.15) is 11.6 Å². The van der Waals surface area contributed by atoms with Crippen LogP contribution in [0.2, 0.25) is 0 Å². The second kappa shape index (κ2) is 6.78. The summed E-state index contributed by atoms with van der Waals surface area (Å²) in [4.78, 5) is 8.44. The number of anilines is 2. The topological polar surface area (TPSA) is 82.3 Å². The van der Waals surface area contributed by atoms with E-state index in [0.717, 1.165) is 11.3 Å². The molecule has 21 heavy (non-hydrogen) atoms. The number of benzene rings is 1. The third kappa shape index (κ3) is 4.24. The zero-order valence-corrected chi connectivity index (χ0v) is 12.5. The lowest BCUT2D eigenvalue weighted by atomic mass is 10.2. The van der Waals surface area contributed by atoms with Gasteiger partial charge in [0, 0.05) is 17.8 Å². The Morgan fingerprint density at radius 2 is 2.10 bits per heavy atom. The van der Waals surface area contributed by atoms with Crippen molar-refractivity contribution >= 4 is 11.5 Å². The lowest BCUT2D eigenvalue weighted by Gasteiger charge is -2.12. The molecule has 6 nitrogen and oxygen atoms in total. The van der Waals surface area contributed by atoms with Gasteiger partial charge in [-0.15, -0.1) is 0 Å². The van der Waals surface area contributed by atoms with E-state index in [9.17, 15) is 0 Å². The number of hydrogen-bond donors (Lipinski definition) is 2. The van der Waals surface area contributed by atoms with Gasteiger partial charge in [-0.1, -0.05) is 0 Å². The summed E-state index contributed by atoms with van der Waals surface area (Å²) >= 11 is 0. The predicted octanol–water partition coefficient (Wildman–Crippen LogP) is 2.47. The van der Waals surface area contributed by atoms with Crippen LogP contribution in [-0.4, -0.2) is 23.2 Å². The quantitative estimate of drug-likeness (QED) is 0.795. The van der Waals surface area contributed by atoms with Gasteiger partial charge >= 0.3 is 0 Å². The van der Waals surface area contributed by atoms with Crippen molar-refractivity contribution in [3.05, 3.63) is 36.2 Å². The van der Waals surface area contributed by atoms with Crippen molar-refractivity contribution in [2.24, 2.45) is 0 Å². The van der Waals surface area contributed by atoms with Gasteiger partial charge in [0.2, 0.25) is 5.88 Å². The molecule has 0 radical (unpaired) electrons. The molecule has 112 valence electrons. The summed E-state index contributed by atoms with van der Waals surface area (Å²) in [5.74, 6) is 1.91. The van der Waals surface area contributed by atoms with Crippen LogP contribution >= 0.6 is 0 Å². The molecule has 1 heterocycles. The fourth-order valence-electron chi connectivity index (χ4n) is 1.85. The Bertz CT molecular complexity index is 602. The maximum absolute atomic E-state index is 5.80. The average molecular weight is 288 g/mol. The Morgan fingerprint density at radius 3 is 2.81 bits per heavy atom. The van der Waals surface area contributed by atoms with E-state index in [1.807, 2.05) is 26.0 Å². The van der Waals surface area contributed by atoms with Crippen molar-refractivity contribution in [3.8, 4) is 11.6 Å². The number of nitrogens with two attached hydrogens (primary N) is 1. The molecule has 1 aromatic heterocycles. The van der Waals surface area contributed by atoms with E-state index < -0.39 is 0 Å². The molecule has 2 rings (SSSR count). The van der Waals surface area contributed by atoms with Gasteiger partial charge in [0.15, 0.2) is 0 Å². The van der Waals surface area contributed by atoms with Gasteiger partial charge in [-0.25, -0.2) is 0 Å². The Balaban J connectivity index is 2.07. The first-order valence-electron chi connectivity index (χ1n) is 6.73. The van der Waals surface area contributed by atoms with Crippen LogP contribution in [0.5, 0.6) is 11.6 Å². The van der Waals surface area contributed by atoms with E-state index >= 15 is 0 Å². The second-order valence-electron chi connectivity index (χ2n) is 4.83. The molecular weight excluding hydrogens is 268 g/mol. The fraction of sp³-hybridized carbons (Fsp3) is 0.333. The first-order chi connectivity index (χ1) is 10.1. The molecule has 0 spiro atoms. The van der Waals surface area contributed by atoms with Gasteiger partial charge in [-0.2, -0.15) is 4.98 Å². The monoisotopic (exact) mass is 288 g/mol. The highest BCUT2D eigenvalue weighted by Gasteiger charge is 2.05. The van der Waals surface area contributed by atoms with E-state index in [1.165, 1.54) is 0 Å². The van der Waals surface area contributed by atoms with E-state index in [-0.39, 0.29) is 6.10 Å². The van der Waals surface area contributed by atoms with Crippen LogP contribution in [0, 0.1) is 0 Å². The minimum absolute atomic E-state index is 0.0589. The molecule has 6 heteroatoms. The van der Waals surface area contributed by atoms with E-state index in [0.29, 0.717) is 23.9 Å². The number of nitrogens with zero attached hydrogens (tertiary/aromatic N) is 2. The first-order valence-corrected chi connectivity index (χ1v) is 6.73. The van der Waals surface area contributed by atoms with E-state index in [4.69, 9.17) is 15.2 Å². The Labute approximate surface area is 124 Å². The number of methoxy groups -OCH3 is 1. The third-order valence-electron chi connectivity index (χ3n) is 2.73. The summed E-state index contributed by atoms with van der Waals surface area (Å²) in [5, 5.41) is 3.19. The van der Waals surface area contributed by atoms with Gasteiger partial charge < -0.3 is 20.5 Å². The van der Waals surface area contributed by atoms with Crippen molar-refractivity contribution in [1.29, 1.82) is 0 Å². The van der Waals surface area contributed by atoms with Crippen molar-refractivity contribution in [1.82, 2.24) is 9.97 Å². The van der Waals surface area contributed by atoms with Crippen LogP contribution in [0.4, 0.5) is 11.5 Å².